The molecule has 0 aliphatic rings. The van der Waals surface area contributed by atoms with Gasteiger partial charge in [-0.2, -0.15) is 0 Å². The van der Waals surface area contributed by atoms with Crippen LogP contribution in [0.3, 0.4) is 0 Å². The minimum atomic E-state index is -5.17. The molecule has 5 nitrogen and oxygen atoms in total. The van der Waals surface area contributed by atoms with Crippen LogP contribution < -0.4 is 35.3 Å². The maximum Gasteiger partial charge on any atom is 1.00 e. The number of unbranched alkanes of at least 4 members (excludes halogenated alkanes) is 9. The Balaban J connectivity index is -0.000000366. The van der Waals surface area contributed by atoms with Crippen LogP contribution in [0, 0.1) is 0 Å². The fraction of sp³-hybridized carbons (Fsp3) is 1.00. The second-order valence-corrected chi connectivity index (χ2v) is 5.26. The summed E-state index contributed by atoms with van der Waals surface area (Å²) < 4.78 is 34.1. The standard InChI is InChI=1S/C12H27N.Na.H2O4S/c1-2-3-4-5-6-7-8-9-10-11-12-13;;1-5(2,3)4/h2-13H2,1H3;;(H2,1,2,3,4)/q;+1;/p-1. The van der Waals surface area contributed by atoms with E-state index in [1.165, 1.54) is 64.2 Å². The van der Waals surface area contributed by atoms with E-state index in [9.17, 15) is 0 Å². The SMILES string of the molecule is CCCCCCCCCCCC[NH3+].O=S(=O)([O-])[O-].[Na+]. The van der Waals surface area contributed by atoms with E-state index in [2.05, 4.69) is 12.7 Å². The summed E-state index contributed by atoms with van der Waals surface area (Å²) in [5.41, 5.74) is 3.85. The van der Waals surface area contributed by atoms with Crippen molar-refractivity contribution < 1.29 is 52.8 Å². The van der Waals surface area contributed by atoms with Gasteiger partial charge in [-0.05, 0) is 12.8 Å². The zero-order valence-electron chi connectivity index (χ0n) is 12.5. The van der Waals surface area contributed by atoms with Gasteiger partial charge < -0.3 is 14.8 Å². The molecular weight excluding hydrogens is 277 g/mol. The van der Waals surface area contributed by atoms with Crippen LogP contribution in [0.2, 0.25) is 0 Å². The first-order chi connectivity index (χ1) is 8.41. The molecule has 0 radical (unpaired) electrons. The molecule has 112 valence electrons. The van der Waals surface area contributed by atoms with Gasteiger partial charge in [0.2, 0.25) is 0 Å². The predicted molar refractivity (Wildman–Crippen MR) is 70.1 cm³/mol. The second-order valence-electron chi connectivity index (χ2n) is 4.44. The van der Waals surface area contributed by atoms with Crippen molar-refractivity contribution in [2.24, 2.45) is 0 Å². The van der Waals surface area contributed by atoms with Gasteiger partial charge in [-0.1, -0.05) is 58.3 Å². The average molecular weight is 305 g/mol. The molecule has 0 rings (SSSR count). The molecule has 0 atom stereocenters. The van der Waals surface area contributed by atoms with Gasteiger partial charge in [-0.25, -0.2) is 0 Å². The fourth-order valence-electron chi connectivity index (χ4n) is 1.66. The molecule has 0 aromatic carbocycles. The second kappa shape index (κ2) is 18.8. The van der Waals surface area contributed by atoms with Gasteiger partial charge in [0, 0.05) is 10.4 Å². The molecule has 0 spiro atoms. The summed E-state index contributed by atoms with van der Waals surface area (Å²) >= 11 is 0. The van der Waals surface area contributed by atoms with Crippen LogP contribution in [0.5, 0.6) is 0 Å². The summed E-state index contributed by atoms with van der Waals surface area (Å²) in [6.45, 7) is 3.40. The average Bonchev–Trinajstić information content (AvgIpc) is 2.25. The third kappa shape index (κ3) is 45.5. The Morgan fingerprint density at radius 2 is 1.05 bits per heavy atom. The van der Waals surface area contributed by atoms with E-state index in [0.717, 1.165) is 6.54 Å². The maximum absolute atomic E-state index is 8.52. The van der Waals surface area contributed by atoms with Gasteiger partial charge in [0.25, 0.3) is 0 Å². The zero-order chi connectivity index (χ0) is 14.3. The predicted octanol–water partition coefficient (Wildman–Crippen LogP) is -1.18. The third-order valence-electron chi connectivity index (χ3n) is 2.60. The molecule has 0 aliphatic heterocycles. The first-order valence-electron chi connectivity index (χ1n) is 6.87. The molecule has 0 unspecified atom stereocenters. The summed E-state index contributed by atoms with van der Waals surface area (Å²) in [6, 6.07) is 0. The van der Waals surface area contributed by atoms with Crippen molar-refractivity contribution in [2.75, 3.05) is 6.54 Å². The molecule has 19 heavy (non-hydrogen) atoms. The molecule has 0 amide bonds. The molecule has 0 bridgehead atoms. The number of rotatable bonds is 10. The van der Waals surface area contributed by atoms with Crippen molar-refractivity contribution in [3.05, 3.63) is 0 Å². The topological polar surface area (TPSA) is 108 Å². The smallest absolute Gasteiger partial charge is 0.759 e. The summed E-state index contributed by atoms with van der Waals surface area (Å²) in [6.07, 6.45) is 14.2. The van der Waals surface area contributed by atoms with E-state index >= 15 is 0 Å². The van der Waals surface area contributed by atoms with Crippen molar-refractivity contribution in [3.63, 3.8) is 0 Å². The molecule has 0 aliphatic carbocycles. The van der Waals surface area contributed by atoms with Crippen LogP contribution >= 0.6 is 0 Å². The van der Waals surface area contributed by atoms with Gasteiger partial charge in [-0.3, -0.25) is 8.42 Å². The molecule has 0 heterocycles. The van der Waals surface area contributed by atoms with Gasteiger partial charge in [0.05, 0.1) is 6.54 Å². The van der Waals surface area contributed by atoms with Crippen molar-refractivity contribution in [1.82, 2.24) is 0 Å². The first-order valence-corrected chi connectivity index (χ1v) is 8.21. The largest absolute Gasteiger partial charge is 1.00 e. The van der Waals surface area contributed by atoms with Crippen LogP contribution in [0.1, 0.15) is 71.1 Å². The molecule has 0 saturated heterocycles. The summed E-state index contributed by atoms with van der Waals surface area (Å²) in [4.78, 5) is 0. The Bertz CT molecular complexity index is 230. The van der Waals surface area contributed by atoms with Gasteiger partial charge in [0.1, 0.15) is 0 Å². The number of hydrogen-bond acceptors (Lipinski definition) is 4. The van der Waals surface area contributed by atoms with E-state index in [-0.39, 0.29) is 29.6 Å². The molecular formula is C12H28NNaO4S. The molecule has 0 saturated carbocycles. The van der Waals surface area contributed by atoms with Gasteiger partial charge in [-0.15, -0.1) is 0 Å². The molecule has 0 aromatic heterocycles. The minimum absolute atomic E-state index is 0. The first kappa shape index (κ1) is 24.8. The molecule has 0 fully saturated rings. The van der Waals surface area contributed by atoms with Crippen molar-refractivity contribution >= 4 is 10.4 Å². The van der Waals surface area contributed by atoms with Crippen LogP contribution in [0.15, 0.2) is 0 Å². The Hall–Kier alpha value is 0.830. The molecule has 3 N–H and O–H groups in total. The van der Waals surface area contributed by atoms with E-state index in [0.29, 0.717) is 0 Å². The third-order valence-corrected chi connectivity index (χ3v) is 2.60. The van der Waals surface area contributed by atoms with E-state index in [4.69, 9.17) is 17.5 Å². The summed E-state index contributed by atoms with van der Waals surface area (Å²) in [5.74, 6) is 0. The Kier molecular flexibility index (Phi) is 24.6. The quantitative estimate of drug-likeness (QED) is 0.237. The Morgan fingerprint density at radius 1 is 0.789 bits per heavy atom. The Labute approximate surface area is 140 Å². The van der Waals surface area contributed by atoms with E-state index in [1.54, 1.807) is 0 Å². The van der Waals surface area contributed by atoms with Crippen LogP contribution in [0.25, 0.3) is 0 Å². The summed E-state index contributed by atoms with van der Waals surface area (Å²) in [7, 11) is -5.17. The molecule has 0 aromatic rings. The van der Waals surface area contributed by atoms with Crippen molar-refractivity contribution in [3.8, 4) is 0 Å². The summed E-state index contributed by atoms with van der Waals surface area (Å²) in [5, 5.41) is 0. The minimum Gasteiger partial charge on any atom is -0.759 e. The van der Waals surface area contributed by atoms with Gasteiger partial charge in [0.15, 0.2) is 0 Å². The van der Waals surface area contributed by atoms with Gasteiger partial charge >= 0.3 is 29.6 Å². The van der Waals surface area contributed by atoms with Crippen molar-refractivity contribution in [2.45, 2.75) is 71.1 Å². The van der Waals surface area contributed by atoms with E-state index in [1.807, 2.05) is 0 Å². The number of hydrogen-bond donors (Lipinski definition) is 1. The Morgan fingerprint density at radius 3 is 1.32 bits per heavy atom. The van der Waals surface area contributed by atoms with E-state index < -0.39 is 10.4 Å². The van der Waals surface area contributed by atoms with Crippen LogP contribution in [0.4, 0.5) is 0 Å². The van der Waals surface area contributed by atoms with Crippen molar-refractivity contribution in [1.29, 1.82) is 0 Å². The number of quaternary nitrogens is 1. The van der Waals surface area contributed by atoms with Crippen LogP contribution in [-0.2, 0) is 10.4 Å². The normalized spacial score (nSPS) is 10.3. The molecule has 7 heteroatoms. The fourth-order valence-corrected chi connectivity index (χ4v) is 1.66. The zero-order valence-corrected chi connectivity index (χ0v) is 15.3. The van der Waals surface area contributed by atoms with Crippen LogP contribution in [-0.4, -0.2) is 24.1 Å². The monoisotopic (exact) mass is 305 g/mol. The maximum atomic E-state index is 8.52.